The molecule has 1 amide bonds. The van der Waals surface area contributed by atoms with Gasteiger partial charge in [-0.2, -0.15) is 0 Å². The molecule has 1 aliphatic heterocycles. The molecule has 0 bridgehead atoms. The van der Waals surface area contributed by atoms with Crippen LogP contribution in [0.2, 0.25) is 0 Å². The number of carbonyl (C=O) groups excluding carboxylic acids is 2. The fourth-order valence-electron chi connectivity index (χ4n) is 3.50. The molecule has 0 saturated heterocycles. The minimum Gasteiger partial charge on any atom is -0.497 e. The number of thiazole rings is 1. The molecule has 1 N–H and O–H groups in total. The van der Waals surface area contributed by atoms with Gasteiger partial charge in [-0.25, -0.2) is 4.98 Å². The van der Waals surface area contributed by atoms with E-state index in [9.17, 15) is 9.59 Å². The monoisotopic (exact) mass is 422 g/mol. The maximum absolute atomic E-state index is 13.0. The van der Waals surface area contributed by atoms with E-state index < -0.39 is 5.41 Å². The fraction of sp³-hybridized carbons (Fsp3) is 0.227. The van der Waals surface area contributed by atoms with Crippen LogP contribution in [-0.4, -0.2) is 30.6 Å². The zero-order chi connectivity index (χ0) is 20.7. The summed E-state index contributed by atoms with van der Waals surface area (Å²) in [4.78, 5) is 30.4. The number of nitrogens with one attached hydrogen (secondary N) is 1. The number of hydrogen-bond acceptors (Lipinski definition) is 7. The van der Waals surface area contributed by atoms with Crippen molar-refractivity contribution >= 4 is 28.2 Å². The smallest absolute Gasteiger partial charge is 0.236 e. The maximum Gasteiger partial charge on any atom is 0.236 e. The average molecular weight is 422 g/mol. The molecular weight excluding hydrogens is 404 g/mol. The number of benzene rings is 2. The van der Waals surface area contributed by atoms with E-state index >= 15 is 0 Å². The topological polar surface area (TPSA) is 86.8 Å². The zero-order valence-electron chi connectivity index (χ0n) is 16.1. The lowest BCUT2D eigenvalue weighted by atomic mass is 9.94. The predicted molar refractivity (Wildman–Crippen MR) is 111 cm³/mol. The molecule has 0 radical (unpaired) electrons. The summed E-state index contributed by atoms with van der Waals surface area (Å²) in [6, 6.07) is 12.5. The zero-order valence-corrected chi connectivity index (χ0v) is 17.0. The van der Waals surface area contributed by atoms with Crippen molar-refractivity contribution in [2.75, 3.05) is 19.2 Å². The second kappa shape index (κ2) is 7.14. The summed E-state index contributed by atoms with van der Waals surface area (Å²) < 4.78 is 15.9. The second-order valence-corrected chi connectivity index (χ2v) is 8.22. The van der Waals surface area contributed by atoms with Crippen molar-refractivity contribution in [3.63, 3.8) is 0 Å². The Balaban J connectivity index is 1.31. The van der Waals surface area contributed by atoms with Crippen LogP contribution in [0.4, 0.5) is 5.13 Å². The Morgan fingerprint density at radius 3 is 2.60 bits per heavy atom. The van der Waals surface area contributed by atoms with Gasteiger partial charge in [-0.15, -0.1) is 0 Å². The highest BCUT2D eigenvalue weighted by Crippen LogP contribution is 2.51. The third kappa shape index (κ3) is 3.19. The lowest BCUT2D eigenvalue weighted by Crippen LogP contribution is -2.27. The summed E-state index contributed by atoms with van der Waals surface area (Å²) in [5, 5.41) is 3.29. The number of nitrogens with zero attached hydrogens (tertiary/aromatic N) is 1. The Hall–Kier alpha value is -3.39. The molecule has 0 unspecified atom stereocenters. The highest BCUT2D eigenvalue weighted by Gasteiger charge is 2.52. The third-order valence-electron chi connectivity index (χ3n) is 5.41. The molecule has 1 aromatic heterocycles. The average Bonchev–Trinajstić information content (AvgIpc) is 3.23. The highest BCUT2D eigenvalue weighted by atomic mass is 32.1. The first-order valence-electron chi connectivity index (χ1n) is 9.45. The minimum atomic E-state index is -0.590. The number of carbonyl (C=O) groups is 2. The summed E-state index contributed by atoms with van der Waals surface area (Å²) >= 11 is 1.16. The van der Waals surface area contributed by atoms with Gasteiger partial charge < -0.3 is 19.5 Å². The number of rotatable bonds is 6. The van der Waals surface area contributed by atoms with Gasteiger partial charge in [0.2, 0.25) is 18.5 Å². The SMILES string of the molecule is COc1ccc(C(=O)c2cnc(NC(=O)C3(c4ccc5c(c4)OCO5)CC3)s2)cc1. The van der Waals surface area contributed by atoms with Gasteiger partial charge in [-0.1, -0.05) is 17.4 Å². The maximum atomic E-state index is 13.0. The van der Waals surface area contributed by atoms with Gasteiger partial charge in [0, 0.05) is 5.56 Å². The summed E-state index contributed by atoms with van der Waals surface area (Å²) in [6.45, 7) is 0.197. The number of anilines is 1. The molecule has 30 heavy (non-hydrogen) atoms. The van der Waals surface area contributed by atoms with E-state index in [1.165, 1.54) is 6.20 Å². The van der Waals surface area contributed by atoms with E-state index in [1.807, 2.05) is 18.2 Å². The molecule has 1 saturated carbocycles. The van der Waals surface area contributed by atoms with Gasteiger partial charge in [0.25, 0.3) is 0 Å². The first-order chi connectivity index (χ1) is 14.6. The Labute approximate surface area is 176 Å². The number of aromatic nitrogens is 1. The highest BCUT2D eigenvalue weighted by molar-refractivity contribution is 7.17. The molecule has 0 spiro atoms. The van der Waals surface area contributed by atoms with Crippen molar-refractivity contribution in [1.29, 1.82) is 0 Å². The van der Waals surface area contributed by atoms with Crippen molar-refractivity contribution in [1.82, 2.24) is 4.98 Å². The largest absolute Gasteiger partial charge is 0.497 e. The predicted octanol–water partition coefficient (Wildman–Crippen LogP) is 3.78. The van der Waals surface area contributed by atoms with Gasteiger partial charge in [0.15, 0.2) is 16.6 Å². The van der Waals surface area contributed by atoms with Crippen LogP contribution < -0.4 is 19.5 Å². The van der Waals surface area contributed by atoms with Gasteiger partial charge in [-0.3, -0.25) is 9.59 Å². The molecule has 1 aliphatic carbocycles. The molecule has 2 aliphatic rings. The summed E-state index contributed by atoms with van der Waals surface area (Å²) in [5.41, 5.74) is 0.846. The molecule has 5 rings (SSSR count). The van der Waals surface area contributed by atoms with Crippen LogP contribution in [-0.2, 0) is 10.2 Å². The van der Waals surface area contributed by atoms with Gasteiger partial charge in [0.05, 0.1) is 23.6 Å². The van der Waals surface area contributed by atoms with Crippen molar-refractivity contribution in [2.24, 2.45) is 0 Å². The van der Waals surface area contributed by atoms with Gasteiger partial charge >= 0.3 is 0 Å². The van der Waals surface area contributed by atoms with Crippen LogP contribution in [0.1, 0.15) is 33.6 Å². The Bertz CT molecular complexity index is 1130. The van der Waals surface area contributed by atoms with Crippen LogP contribution in [0.3, 0.4) is 0 Å². The molecule has 152 valence electrons. The van der Waals surface area contributed by atoms with Crippen molar-refractivity contribution in [3.8, 4) is 17.2 Å². The van der Waals surface area contributed by atoms with Crippen LogP contribution in [0.15, 0.2) is 48.7 Å². The number of ketones is 1. The second-order valence-electron chi connectivity index (χ2n) is 7.19. The summed E-state index contributed by atoms with van der Waals surface area (Å²) in [6.07, 6.45) is 3.00. The lowest BCUT2D eigenvalue weighted by molar-refractivity contribution is -0.118. The molecule has 1 fully saturated rings. The molecule has 2 aromatic carbocycles. The van der Waals surface area contributed by atoms with E-state index in [1.54, 1.807) is 31.4 Å². The number of hydrogen-bond donors (Lipinski definition) is 1. The number of methoxy groups -OCH3 is 1. The van der Waals surface area contributed by atoms with Crippen LogP contribution >= 0.6 is 11.3 Å². The van der Waals surface area contributed by atoms with Crippen LogP contribution in [0, 0.1) is 0 Å². The van der Waals surface area contributed by atoms with Crippen molar-refractivity contribution < 1.29 is 23.8 Å². The summed E-state index contributed by atoms with van der Waals surface area (Å²) in [7, 11) is 1.57. The molecule has 3 aromatic rings. The van der Waals surface area contributed by atoms with E-state index in [0.29, 0.717) is 32.8 Å². The Morgan fingerprint density at radius 2 is 1.87 bits per heavy atom. The van der Waals surface area contributed by atoms with E-state index in [2.05, 4.69) is 10.3 Å². The minimum absolute atomic E-state index is 0.126. The summed E-state index contributed by atoms with van der Waals surface area (Å²) in [5.74, 6) is 1.76. The lowest BCUT2D eigenvalue weighted by Gasteiger charge is -2.15. The Kier molecular flexibility index (Phi) is 4.43. The number of amides is 1. The molecule has 7 nitrogen and oxygen atoms in total. The molecular formula is C22H18N2O5S. The normalized spacial score (nSPS) is 15.5. The Morgan fingerprint density at radius 1 is 1.10 bits per heavy atom. The third-order valence-corrected chi connectivity index (χ3v) is 6.32. The van der Waals surface area contributed by atoms with Crippen molar-refractivity contribution in [3.05, 3.63) is 64.7 Å². The number of ether oxygens (including phenoxy) is 3. The number of fused-ring (bicyclic) bond motifs is 1. The first-order valence-corrected chi connectivity index (χ1v) is 10.3. The van der Waals surface area contributed by atoms with Gasteiger partial charge in [0.1, 0.15) is 5.75 Å². The standard InChI is InChI=1S/C22H18N2O5S/c1-27-15-5-2-13(3-6-15)19(25)18-11-23-21(30-18)24-20(26)22(8-9-22)14-4-7-16-17(10-14)29-12-28-16/h2-7,10-11H,8-9,12H2,1H3,(H,23,24,26). The molecule has 8 heteroatoms. The van der Waals surface area contributed by atoms with Crippen LogP contribution in [0.25, 0.3) is 0 Å². The first kappa shape index (κ1) is 18.6. The van der Waals surface area contributed by atoms with E-state index in [0.717, 1.165) is 29.7 Å². The molecule has 0 atom stereocenters. The van der Waals surface area contributed by atoms with Gasteiger partial charge in [-0.05, 0) is 54.8 Å². The van der Waals surface area contributed by atoms with Crippen LogP contribution in [0.5, 0.6) is 17.2 Å². The molecule has 2 heterocycles. The van der Waals surface area contributed by atoms with Crippen molar-refractivity contribution in [2.45, 2.75) is 18.3 Å². The fourth-order valence-corrected chi connectivity index (χ4v) is 4.28. The van der Waals surface area contributed by atoms with E-state index in [-0.39, 0.29) is 18.5 Å². The quantitative estimate of drug-likeness (QED) is 0.609. The van der Waals surface area contributed by atoms with E-state index in [4.69, 9.17) is 14.2 Å².